The van der Waals surface area contributed by atoms with Crippen LogP contribution in [0.1, 0.15) is 94.1 Å². The Labute approximate surface area is 271 Å². The van der Waals surface area contributed by atoms with E-state index in [-0.39, 0.29) is 54.4 Å². The minimum atomic E-state index is -0.805. The number of hydrogen-bond donors (Lipinski definition) is 2. The van der Waals surface area contributed by atoms with Gasteiger partial charge in [-0.15, -0.1) is 0 Å². The van der Waals surface area contributed by atoms with E-state index in [2.05, 4.69) is 20.6 Å². The van der Waals surface area contributed by atoms with Crippen molar-refractivity contribution < 1.29 is 23.6 Å². The summed E-state index contributed by atoms with van der Waals surface area (Å²) < 4.78 is 17.2. The van der Waals surface area contributed by atoms with Gasteiger partial charge >= 0.3 is 0 Å². The van der Waals surface area contributed by atoms with Crippen LogP contribution in [0, 0.1) is 17.7 Å². The highest BCUT2D eigenvalue weighted by atomic mass is 19.1. The second-order valence-electron chi connectivity index (χ2n) is 13.1. The van der Waals surface area contributed by atoms with Crippen LogP contribution in [0.25, 0.3) is 0 Å². The van der Waals surface area contributed by atoms with Gasteiger partial charge in [-0.3, -0.25) is 28.8 Å². The number of halogens is 1. The second kappa shape index (κ2) is 15.8. The van der Waals surface area contributed by atoms with E-state index in [1.165, 1.54) is 18.6 Å². The van der Waals surface area contributed by atoms with Gasteiger partial charge in [-0.05, 0) is 68.8 Å². The zero-order valence-corrected chi connectivity index (χ0v) is 27.3. The number of nitrogens with one attached hydrogen (secondary N) is 2. The van der Waals surface area contributed by atoms with Crippen molar-refractivity contribution in [2.75, 3.05) is 31.5 Å². The average molecular weight is 637 g/mol. The summed E-state index contributed by atoms with van der Waals surface area (Å²) in [4.78, 5) is 57.3. The number of fused-ring (bicyclic) bond motifs is 1. The molecule has 11 heteroatoms. The molecular weight excluding hydrogens is 587 g/mol. The average Bonchev–Trinajstić information content (AvgIpc) is 3.57. The molecule has 1 saturated carbocycles. The molecular formula is C35H49FN6O4. The summed E-state index contributed by atoms with van der Waals surface area (Å²) in [5.74, 6) is -2.04. The van der Waals surface area contributed by atoms with Crippen molar-refractivity contribution in [3.05, 3.63) is 47.5 Å². The van der Waals surface area contributed by atoms with Crippen molar-refractivity contribution in [3.8, 4) is 0 Å². The minimum absolute atomic E-state index is 0.0366. The van der Waals surface area contributed by atoms with E-state index in [9.17, 15) is 19.2 Å². The van der Waals surface area contributed by atoms with Gasteiger partial charge in [-0.1, -0.05) is 38.7 Å². The molecule has 2 N–H and O–H groups in total. The number of anilines is 1. The van der Waals surface area contributed by atoms with Gasteiger partial charge in [0.25, 0.3) is 0 Å². The molecule has 46 heavy (non-hydrogen) atoms. The topological polar surface area (TPSA) is 117 Å². The largest absolute Gasteiger partial charge is 0.344 e. The Morgan fingerprint density at radius 2 is 1.76 bits per heavy atom. The van der Waals surface area contributed by atoms with Gasteiger partial charge < -0.3 is 15.5 Å². The molecule has 1 aromatic heterocycles. The molecule has 2 aliphatic heterocycles. The maximum Gasteiger partial charge on any atom is 0.245 e. The Balaban J connectivity index is 1.27. The molecule has 0 unspecified atom stereocenters. The molecule has 5 rings (SSSR count). The highest BCUT2D eigenvalue weighted by molar-refractivity contribution is 6.00. The number of Topliss-reactive ketones (excluding diaryl/α,β-unsaturated/α-hetero) is 1. The number of aryl methyl sites for hydroxylation is 1. The first-order valence-corrected chi connectivity index (χ1v) is 17.2. The Bertz CT molecular complexity index is 1390. The molecule has 3 fully saturated rings. The number of amides is 3. The number of piperazine rings is 1. The first-order chi connectivity index (χ1) is 22.3. The van der Waals surface area contributed by atoms with Gasteiger partial charge in [0.05, 0.1) is 5.69 Å². The smallest absolute Gasteiger partial charge is 0.245 e. The SMILES string of the molecule is CCC(=O)N[C@H](Cc1ccc(NC(=O)[C@@H](CC(=O)c2ccnn2CC)C2CCCCC2)c(F)c1)C(=O)N1CCN2CCCC[C@@H]2C1. The Hall–Kier alpha value is -3.60. The van der Waals surface area contributed by atoms with Crippen molar-refractivity contribution in [3.63, 3.8) is 0 Å². The lowest BCUT2D eigenvalue weighted by Gasteiger charge is -2.44. The summed E-state index contributed by atoms with van der Waals surface area (Å²) in [5.41, 5.74) is 1.06. The molecule has 0 bridgehead atoms. The number of carbonyl (C=O) groups excluding carboxylic acids is 4. The summed E-state index contributed by atoms with van der Waals surface area (Å²) in [6, 6.07) is 5.75. The number of benzene rings is 1. The van der Waals surface area contributed by atoms with Crippen molar-refractivity contribution in [1.82, 2.24) is 24.9 Å². The fourth-order valence-electron chi connectivity index (χ4n) is 7.46. The normalized spacial score (nSPS) is 20.4. The van der Waals surface area contributed by atoms with E-state index in [0.29, 0.717) is 36.9 Å². The zero-order valence-electron chi connectivity index (χ0n) is 27.3. The molecule has 3 atom stereocenters. The van der Waals surface area contributed by atoms with Gasteiger partial charge in [0.2, 0.25) is 17.7 Å². The lowest BCUT2D eigenvalue weighted by Crippen LogP contribution is -2.59. The highest BCUT2D eigenvalue weighted by Crippen LogP contribution is 2.34. The number of carbonyl (C=O) groups is 4. The monoisotopic (exact) mass is 636 g/mol. The summed E-state index contributed by atoms with van der Waals surface area (Å²) in [5, 5.41) is 9.84. The number of piperidine rings is 1. The Kier molecular flexibility index (Phi) is 11.6. The molecule has 2 aromatic rings. The third kappa shape index (κ3) is 8.21. The first-order valence-electron chi connectivity index (χ1n) is 17.2. The third-order valence-corrected chi connectivity index (χ3v) is 10.1. The third-order valence-electron chi connectivity index (χ3n) is 10.1. The number of aromatic nitrogens is 2. The van der Waals surface area contributed by atoms with Gasteiger partial charge in [-0.25, -0.2) is 4.39 Å². The van der Waals surface area contributed by atoms with Crippen LogP contribution >= 0.6 is 0 Å². The standard InChI is InChI=1S/C35H49FN6O4/c1-3-33(44)38-30(35(46)41-19-18-40-17-9-8-12-26(40)23-41)21-24-13-14-29(28(36)20-24)39-34(45)27(25-10-6-5-7-11-25)22-32(43)31-15-16-37-42(31)4-2/h13-16,20,25-27,30H,3-12,17-19,21-23H2,1-2H3,(H,38,44)(H,39,45)/t26-,27+,30-/m1/s1. The van der Waals surface area contributed by atoms with Crippen LogP contribution in [0.4, 0.5) is 10.1 Å². The summed E-state index contributed by atoms with van der Waals surface area (Å²) in [6.45, 7) is 7.34. The Morgan fingerprint density at radius 1 is 0.978 bits per heavy atom. The van der Waals surface area contributed by atoms with E-state index >= 15 is 4.39 Å². The summed E-state index contributed by atoms with van der Waals surface area (Å²) >= 11 is 0. The first kappa shape index (κ1) is 33.8. The van der Waals surface area contributed by atoms with Crippen LogP contribution in [-0.4, -0.2) is 81.3 Å². The molecule has 1 aliphatic carbocycles. The van der Waals surface area contributed by atoms with E-state index in [1.807, 2.05) is 11.8 Å². The van der Waals surface area contributed by atoms with Crippen LogP contribution in [0.2, 0.25) is 0 Å². The number of nitrogens with zero attached hydrogens (tertiary/aromatic N) is 4. The molecule has 0 radical (unpaired) electrons. The minimum Gasteiger partial charge on any atom is -0.344 e. The van der Waals surface area contributed by atoms with E-state index in [1.54, 1.807) is 29.9 Å². The highest BCUT2D eigenvalue weighted by Gasteiger charge is 2.35. The lowest BCUT2D eigenvalue weighted by molar-refractivity contribution is -0.139. The van der Waals surface area contributed by atoms with Gasteiger partial charge in [0.1, 0.15) is 17.6 Å². The molecule has 250 valence electrons. The molecule has 1 aromatic carbocycles. The quantitative estimate of drug-likeness (QED) is 0.330. The summed E-state index contributed by atoms with van der Waals surface area (Å²) in [7, 11) is 0. The van der Waals surface area contributed by atoms with Gasteiger partial charge in [0.15, 0.2) is 5.78 Å². The summed E-state index contributed by atoms with van der Waals surface area (Å²) in [6.07, 6.45) is 10.2. The maximum absolute atomic E-state index is 15.5. The molecule has 3 aliphatic rings. The van der Waals surface area contributed by atoms with Crippen molar-refractivity contribution in [2.45, 2.75) is 103 Å². The Morgan fingerprint density at radius 3 is 2.50 bits per heavy atom. The van der Waals surface area contributed by atoms with Crippen LogP contribution in [-0.2, 0) is 27.3 Å². The van der Waals surface area contributed by atoms with Crippen molar-refractivity contribution >= 4 is 29.2 Å². The van der Waals surface area contributed by atoms with Gasteiger partial charge in [0, 0.05) is 63.6 Å². The molecule has 10 nitrogen and oxygen atoms in total. The van der Waals surface area contributed by atoms with Crippen LogP contribution < -0.4 is 10.6 Å². The number of ketones is 1. The van der Waals surface area contributed by atoms with Crippen molar-refractivity contribution in [2.24, 2.45) is 11.8 Å². The van der Waals surface area contributed by atoms with E-state index < -0.39 is 17.8 Å². The van der Waals surface area contributed by atoms with Crippen LogP contribution in [0.5, 0.6) is 0 Å². The predicted octanol–water partition coefficient (Wildman–Crippen LogP) is 4.58. The van der Waals surface area contributed by atoms with Crippen LogP contribution in [0.15, 0.2) is 30.5 Å². The maximum atomic E-state index is 15.5. The molecule has 2 saturated heterocycles. The fourth-order valence-corrected chi connectivity index (χ4v) is 7.46. The van der Waals surface area contributed by atoms with E-state index in [0.717, 1.165) is 58.0 Å². The second-order valence-corrected chi connectivity index (χ2v) is 13.1. The predicted molar refractivity (Wildman–Crippen MR) is 174 cm³/mol. The fraction of sp³-hybridized carbons (Fsp3) is 0.629. The lowest BCUT2D eigenvalue weighted by atomic mass is 9.77. The van der Waals surface area contributed by atoms with E-state index in [4.69, 9.17) is 0 Å². The van der Waals surface area contributed by atoms with Gasteiger partial charge in [-0.2, -0.15) is 5.10 Å². The number of hydrogen-bond acceptors (Lipinski definition) is 6. The molecule has 3 heterocycles. The molecule has 3 amide bonds. The van der Waals surface area contributed by atoms with Crippen LogP contribution in [0.3, 0.4) is 0 Å². The van der Waals surface area contributed by atoms with Crippen molar-refractivity contribution in [1.29, 1.82) is 0 Å². The molecule has 0 spiro atoms. The number of rotatable bonds is 12. The zero-order chi connectivity index (χ0) is 32.6.